The maximum absolute atomic E-state index is 13.9. The molecule has 2 heterocycles. The number of Topliss-reactive ketones (excluding diaryl/α,β-unsaturated/α-hetero) is 2. The maximum atomic E-state index is 13.9. The van der Waals surface area contributed by atoms with Crippen LogP contribution in [0, 0.1) is 29.6 Å². The summed E-state index contributed by atoms with van der Waals surface area (Å²) in [7, 11) is 1.27. The van der Waals surface area contributed by atoms with E-state index in [9.17, 15) is 14.4 Å². The molecule has 2 saturated heterocycles. The van der Waals surface area contributed by atoms with Crippen molar-refractivity contribution in [3.05, 3.63) is 11.6 Å². The number of carbonyl (C=O) groups excluding carboxylic acids is 3. The van der Waals surface area contributed by atoms with E-state index in [1.54, 1.807) is 0 Å². The molecule has 0 radical (unpaired) electrons. The van der Waals surface area contributed by atoms with Crippen molar-refractivity contribution in [2.45, 2.75) is 95.9 Å². The van der Waals surface area contributed by atoms with E-state index in [4.69, 9.17) is 15.2 Å². The van der Waals surface area contributed by atoms with Crippen molar-refractivity contribution in [2.24, 2.45) is 35.3 Å². The van der Waals surface area contributed by atoms with Crippen LogP contribution in [0.3, 0.4) is 0 Å². The summed E-state index contributed by atoms with van der Waals surface area (Å²) in [6.45, 7) is 7.41. The summed E-state index contributed by atoms with van der Waals surface area (Å²) in [6, 6.07) is 0. The number of allylic oxidation sites excluding steroid dienone is 1. The van der Waals surface area contributed by atoms with Crippen LogP contribution in [-0.2, 0) is 23.9 Å². The van der Waals surface area contributed by atoms with Crippen LogP contribution >= 0.6 is 0 Å². The number of epoxide rings is 1. The van der Waals surface area contributed by atoms with Crippen LogP contribution in [-0.4, -0.2) is 48.6 Å². The Kier molecular flexibility index (Phi) is 7.37. The number of hydrogen-bond acceptors (Lipinski definition) is 6. The quantitative estimate of drug-likeness (QED) is 0.241. The van der Waals surface area contributed by atoms with Crippen LogP contribution in [0.4, 0.5) is 0 Å². The van der Waals surface area contributed by atoms with E-state index in [2.05, 4.69) is 26.1 Å². The summed E-state index contributed by atoms with van der Waals surface area (Å²) in [5, 5.41) is 2.20. The van der Waals surface area contributed by atoms with Crippen molar-refractivity contribution in [1.29, 1.82) is 0 Å². The number of nitrogens with two attached hydrogens (primary N) is 2. The standard InChI is InChI=1S/C27H42N2O5/c1-16(2)14-19-6-5-7-20-22(19)24(31)27(25(32)33-4)26(34-27,23(20)30)12-10-17(3)8-9-18-11-13-29-21(28)15-18/h10,16,18-22,29H,5-9,11-15,28H2,1-4H3/p+1. The van der Waals surface area contributed by atoms with Crippen LogP contribution in [0.2, 0.25) is 0 Å². The van der Waals surface area contributed by atoms with Gasteiger partial charge in [-0.05, 0) is 63.2 Å². The number of methoxy groups -OCH3 is 1. The third-order valence-corrected chi connectivity index (χ3v) is 8.85. The number of hydrogen-bond donors (Lipinski definition) is 2. The maximum Gasteiger partial charge on any atom is 0.349 e. The first-order chi connectivity index (χ1) is 16.2. The Hall–Kier alpha value is -1.57. The molecule has 4 N–H and O–H groups in total. The van der Waals surface area contributed by atoms with Crippen LogP contribution in [0.25, 0.3) is 0 Å². The molecule has 2 aliphatic carbocycles. The molecule has 4 rings (SSSR count). The number of quaternary nitrogens is 1. The van der Waals surface area contributed by atoms with Crippen molar-refractivity contribution < 1.29 is 29.2 Å². The molecular formula is C27H43N2O5+. The smallest absolute Gasteiger partial charge is 0.349 e. The van der Waals surface area contributed by atoms with Gasteiger partial charge < -0.3 is 14.8 Å². The van der Waals surface area contributed by atoms with Gasteiger partial charge in [0.15, 0.2) is 17.2 Å². The third-order valence-electron chi connectivity index (χ3n) is 8.85. The molecule has 2 aliphatic heterocycles. The van der Waals surface area contributed by atoms with Crippen LogP contribution in [0.15, 0.2) is 11.6 Å². The van der Waals surface area contributed by atoms with Crippen molar-refractivity contribution in [2.75, 3.05) is 13.7 Å². The topological polar surface area (TPSA) is 116 Å². The van der Waals surface area contributed by atoms with Gasteiger partial charge in [-0.2, -0.15) is 0 Å². The lowest BCUT2D eigenvalue weighted by Gasteiger charge is -2.42. The number of ketones is 2. The summed E-state index contributed by atoms with van der Waals surface area (Å²) in [6.07, 6.45) is 10.1. The van der Waals surface area contributed by atoms with E-state index >= 15 is 0 Å². The number of carbonyl (C=O) groups is 3. The van der Waals surface area contributed by atoms with Gasteiger partial charge in [0, 0.05) is 24.7 Å². The van der Waals surface area contributed by atoms with E-state index in [1.807, 2.05) is 6.08 Å². The van der Waals surface area contributed by atoms with Gasteiger partial charge in [-0.25, -0.2) is 4.79 Å². The summed E-state index contributed by atoms with van der Waals surface area (Å²) < 4.78 is 11.0. The Morgan fingerprint density at radius 2 is 2.03 bits per heavy atom. The minimum absolute atomic E-state index is 0.0613. The highest BCUT2D eigenvalue weighted by molar-refractivity contribution is 6.23. The number of esters is 1. The fourth-order valence-corrected chi connectivity index (χ4v) is 7.09. The van der Waals surface area contributed by atoms with Crippen LogP contribution in [0.1, 0.15) is 78.6 Å². The predicted octanol–water partition coefficient (Wildman–Crippen LogP) is 2.27. The third kappa shape index (κ3) is 4.28. The molecule has 0 aromatic rings. The minimum atomic E-state index is -1.75. The van der Waals surface area contributed by atoms with Gasteiger partial charge in [-0.3, -0.25) is 15.3 Å². The molecule has 0 bridgehead atoms. The molecule has 4 aliphatic rings. The average Bonchev–Trinajstić information content (AvgIpc) is 3.51. The summed E-state index contributed by atoms with van der Waals surface area (Å²) in [5.41, 5.74) is 4.11. The fraction of sp³-hybridized carbons (Fsp3) is 0.815. The molecule has 0 amide bonds. The number of piperidine rings is 1. The van der Waals surface area contributed by atoms with Crippen LogP contribution in [0.5, 0.6) is 0 Å². The molecule has 34 heavy (non-hydrogen) atoms. The molecule has 7 nitrogen and oxygen atoms in total. The van der Waals surface area contributed by atoms with Gasteiger partial charge in [-0.1, -0.05) is 31.9 Å². The second-order valence-corrected chi connectivity index (χ2v) is 11.7. The van der Waals surface area contributed by atoms with E-state index in [-0.39, 0.29) is 36.0 Å². The van der Waals surface area contributed by atoms with Gasteiger partial charge in [-0.15, -0.1) is 0 Å². The molecule has 190 valence electrons. The van der Waals surface area contributed by atoms with E-state index in [0.717, 1.165) is 50.6 Å². The Morgan fingerprint density at radius 3 is 2.71 bits per heavy atom. The molecule has 7 atom stereocenters. The lowest BCUT2D eigenvalue weighted by Crippen LogP contribution is -2.94. The normalized spacial score (nSPS) is 40.1. The van der Waals surface area contributed by atoms with E-state index in [1.165, 1.54) is 13.5 Å². The lowest BCUT2D eigenvalue weighted by molar-refractivity contribution is -0.699. The first kappa shape index (κ1) is 25.5. The number of ether oxygens (including phenoxy) is 2. The molecule has 7 heteroatoms. The Morgan fingerprint density at radius 1 is 1.26 bits per heavy atom. The Labute approximate surface area is 203 Å². The highest BCUT2D eigenvalue weighted by Gasteiger charge is 2.87. The average molecular weight is 476 g/mol. The highest BCUT2D eigenvalue weighted by atomic mass is 16.7. The molecule has 2 saturated carbocycles. The molecule has 4 fully saturated rings. The summed E-state index contributed by atoms with van der Waals surface area (Å²) >= 11 is 0. The Bertz CT molecular complexity index is 854. The van der Waals surface area contributed by atoms with E-state index in [0.29, 0.717) is 18.3 Å². The van der Waals surface area contributed by atoms with Crippen molar-refractivity contribution in [3.63, 3.8) is 0 Å². The molecular weight excluding hydrogens is 432 g/mol. The molecule has 0 spiro atoms. The first-order valence-corrected chi connectivity index (χ1v) is 13.3. The zero-order valence-electron chi connectivity index (χ0n) is 21.3. The lowest BCUT2D eigenvalue weighted by atomic mass is 9.57. The zero-order chi connectivity index (χ0) is 24.7. The second-order valence-electron chi connectivity index (χ2n) is 11.7. The zero-order valence-corrected chi connectivity index (χ0v) is 21.3. The first-order valence-electron chi connectivity index (χ1n) is 13.3. The van der Waals surface area contributed by atoms with Crippen molar-refractivity contribution in [1.82, 2.24) is 0 Å². The molecule has 0 aromatic carbocycles. The fourth-order valence-electron chi connectivity index (χ4n) is 7.09. The van der Waals surface area contributed by atoms with Gasteiger partial charge in [0.05, 0.1) is 13.7 Å². The minimum Gasteiger partial charge on any atom is -0.466 e. The van der Waals surface area contributed by atoms with Gasteiger partial charge in [0.2, 0.25) is 0 Å². The second kappa shape index (κ2) is 9.82. The predicted molar refractivity (Wildman–Crippen MR) is 127 cm³/mol. The van der Waals surface area contributed by atoms with Gasteiger partial charge >= 0.3 is 5.97 Å². The monoisotopic (exact) mass is 475 g/mol. The van der Waals surface area contributed by atoms with E-state index < -0.39 is 23.1 Å². The summed E-state index contributed by atoms with van der Waals surface area (Å²) in [4.78, 5) is 40.7. The van der Waals surface area contributed by atoms with Crippen molar-refractivity contribution in [3.8, 4) is 0 Å². The number of rotatable bonds is 8. The SMILES string of the molecule is COC(=O)C12OC1(CC=C(C)CCC1CC[NH2+]C(N)C1)C(=O)C1CCCC(CC(C)C)C1C2=O. The summed E-state index contributed by atoms with van der Waals surface area (Å²) in [5.74, 6) is -0.607. The largest absolute Gasteiger partial charge is 0.466 e. The molecule has 0 aromatic heterocycles. The van der Waals surface area contributed by atoms with Gasteiger partial charge in [0.1, 0.15) is 6.17 Å². The van der Waals surface area contributed by atoms with Crippen molar-refractivity contribution >= 4 is 17.5 Å². The highest BCUT2D eigenvalue weighted by Crippen LogP contribution is 2.62. The molecule has 7 unspecified atom stereocenters. The van der Waals surface area contributed by atoms with Gasteiger partial charge in [0.25, 0.3) is 5.60 Å². The van der Waals surface area contributed by atoms with Crippen LogP contribution < -0.4 is 11.1 Å². The Balaban J connectivity index is 1.52. The number of fused-ring (bicyclic) bond motifs is 2.